The molecule has 0 bridgehead atoms. The molecule has 0 aliphatic carbocycles. The van der Waals surface area contributed by atoms with Gasteiger partial charge in [0.05, 0.1) is 18.8 Å². The van der Waals surface area contributed by atoms with Gasteiger partial charge in [0, 0.05) is 41.6 Å². The minimum atomic E-state index is -0.128. The van der Waals surface area contributed by atoms with E-state index in [1.54, 1.807) is 19.5 Å². The van der Waals surface area contributed by atoms with Gasteiger partial charge in [-0.1, -0.05) is 24.3 Å². The van der Waals surface area contributed by atoms with Crippen molar-refractivity contribution in [3.05, 3.63) is 72.1 Å². The number of hydrogen-bond acceptors (Lipinski definition) is 4. The Morgan fingerprint density at radius 3 is 2.93 bits per heavy atom. The minimum Gasteiger partial charge on any atom is -0.496 e. The van der Waals surface area contributed by atoms with Crippen molar-refractivity contribution < 1.29 is 9.53 Å². The molecule has 6 nitrogen and oxygen atoms in total. The largest absolute Gasteiger partial charge is 0.496 e. The summed E-state index contributed by atoms with van der Waals surface area (Å²) in [7, 11) is 1.63. The maximum absolute atomic E-state index is 12.2. The Hall–Kier alpha value is -3.67. The average Bonchev–Trinajstić information content (AvgIpc) is 3.07. The van der Waals surface area contributed by atoms with Crippen LogP contribution in [0, 0.1) is 6.92 Å². The van der Waals surface area contributed by atoms with Gasteiger partial charge in [-0.2, -0.15) is 5.10 Å². The summed E-state index contributed by atoms with van der Waals surface area (Å²) in [5, 5.41) is 6.21. The summed E-state index contributed by atoms with van der Waals surface area (Å²) >= 11 is 0. The maximum Gasteiger partial charge on any atom is 0.241 e. The SMILES string of the molecule is COc1ccnc2ccc(C=NNC(=O)CCn3cc(C)c4ccccc43)cc12. The van der Waals surface area contributed by atoms with Crippen molar-refractivity contribution in [1.82, 2.24) is 15.0 Å². The van der Waals surface area contributed by atoms with Gasteiger partial charge >= 0.3 is 0 Å². The molecule has 0 radical (unpaired) electrons. The molecule has 4 aromatic rings. The Morgan fingerprint density at radius 2 is 2.07 bits per heavy atom. The van der Waals surface area contributed by atoms with Crippen LogP contribution in [0.15, 0.2) is 66.0 Å². The quantitative estimate of drug-likeness (QED) is 0.402. The predicted molar refractivity (Wildman–Crippen MR) is 115 cm³/mol. The molecule has 2 aromatic heterocycles. The van der Waals surface area contributed by atoms with Crippen LogP contribution in [0.5, 0.6) is 5.75 Å². The first kappa shape index (κ1) is 18.7. The smallest absolute Gasteiger partial charge is 0.241 e. The van der Waals surface area contributed by atoms with Crippen LogP contribution in [0.4, 0.5) is 0 Å². The van der Waals surface area contributed by atoms with Gasteiger partial charge in [-0.3, -0.25) is 9.78 Å². The molecule has 2 heterocycles. The van der Waals surface area contributed by atoms with Crippen molar-refractivity contribution in [1.29, 1.82) is 0 Å². The molecule has 0 saturated carbocycles. The number of amides is 1. The molecule has 1 amide bonds. The maximum atomic E-state index is 12.2. The van der Waals surface area contributed by atoms with E-state index in [1.807, 2.05) is 36.4 Å². The molecule has 0 fully saturated rings. The van der Waals surface area contributed by atoms with Crippen LogP contribution in [0.2, 0.25) is 0 Å². The molecule has 0 atom stereocenters. The predicted octanol–water partition coefficient (Wildman–Crippen LogP) is 4.05. The lowest BCUT2D eigenvalue weighted by molar-refractivity contribution is -0.121. The Morgan fingerprint density at radius 1 is 1.21 bits per heavy atom. The lowest BCUT2D eigenvalue weighted by atomic mass is 10.1. The van der Waals surface area contributed by atoms with Crippen LogP contribution in [-0.2, 0) is 11.3 Å². The number of aryl methyl sites for hydroxylation is 2. The topological polar surface area (TPSA) is 68.5 Å². The summed E-state index contributed by atoms with van der Waals surface area (Å²) < 4.78 is 7.48. The highest BCUT2D eigenvalue weighted by atomic mass is 16.5. The highest BCUT2D eigenvalue weighted by molar-refractivity contribution is 5.92. The van der Waals surface area contributed by atoms with Crippen LogP contribution < -0.4 is 10.2 Å². The molecule has 4 rings (SSSR count). The van der Waals surface area contributed by atoms with Crippen molar-refractivity contribution in [2.45, 2.75) is 19.9 Å². The molecule has 6 heteroatoms. The number of fused-ring (bicyclic) bond motifs is 2. The molecular weight excluding hydrogens is 364 g/mol. The standard InChI is InChI=1S/C23H22N4O2/c1-16-15-27(21-6-4-3-5-18(16)21)12-10-23(28)26-25-14-17-7-8-20-19(13-17)22(29-2)9-11-24-20/h3-9,11,13-15H,10,12H2,1-2H3,(H,26,28). The molecule has 0 unspecified atom stereocenters. The van der Waals surface area contributed by atoms with Gasteiger partial charge in [0.15, 0.2) is 0 Å². The number of carbonyl (C=O) groups is 1. The zero-order valence-electron chi connectivity index (χ0n) is 16.4. The molecule has 0 aliphatic heterocycles. The summed E-state index contributed by atoms with van der Waals surface area (Å²) in [4.78, 5) is 16.5. The first-order valence-electron chi connectivity index (χ1n) is 9.45. The Balaban J connectivity index is 1.39. The molecule has 146 valence electrons. The van der Waals surface area contributed by atoms with E-state index in [4.69, 9.17) is 4.74 Å². The molecular formula is C23H22N4O2. The van der Waals surface area contributed by atoms with Crippen LogP contribution in [0.1, 0.15) is 17.5 Å². The van der Waals surface area contributed by atoms with E-state index < -0.39 is 0 Å². The lowest BCUT2D eigenvalue weighted by Crippen LogP contribution is -2.19. The van der Waals surface area contributed by atoms with Gasteiger partial charge in [0.1, 0.15) is 5.75 Å². The van der Waals surface area contributed by atoms with E-state index in [0.717, 1.165) is 27.7 Å². The number of hydrogen-bond donors (Lipinski definition) is 1. The van der Waals surface area contributed by atoms with Crippen molar-refractivity contribution in [2.75, 3.05) is 7.11 Å². The summed E-state index contributed by atoms with van der Waals surface area (Å²) in [6.45, 7) is 2.69. The van der Waals surface area contributed by atoms with E-state index in [0.29, 0.717) is 13.0 Å². The fraction of sp³-hybridized carbons (Fsp3) is 0.174. The van der Waals surface area contributed by atoms with Crippen LogP contribution in [0.25, 0.3) is 21.8 Å². The molecule has 29 heavy (non-hydrogen) atoms. The second-order valence-electron chi connectivity index (χ2n) is 6.86. The van der Waals surface area contributed by atoms with Gasteiger partial charge < -0.3 is 9.30 Å². The number of pyridine rings is 1. The zero-order valence-corrected chi connectivity index (χ0v) is 16.4. The second-order valence-corrected chi connectivity index (χ2v) is 6.86. The highest BCUT2D eigenvalue weighted by Gasteiger charge is 2.07. The number of ether oxygens (including phenoxy) is 1. The number of methoxy groups -OCH3 is 1. The van der Waals surface area contributed by atoms with Gasteiger partial charge in [-0.05, 0) is 42.3 Å². The molecule has 2 aromatic carbocycles. The number of aromatic nitrogens is 2. The Bertz CT molecular complexity index is 1210. The summed E-state index contributed by atoms with van der Waals surface area (Å²) in [5.74, 6) is 0.625. The van der Waals surface area contributed by atoms with Crippen LogP contribution >= 0.6 is 0 Å². The number of nitrogens with zero attached hydrogens (tertiary/aromatic N) is 3. The van der Waals surface area contributed by atoms with E-state index >= 15 is 0 Å². The van der Waals surface area contributed by atoms with Gasteiger partial charge in [0.25, 0.3) is 0 Å². The Kier molecular flexibility index (Phi) is 5.24. The van der Waals surface area contributed by atoms with Crippen molar-refractivity contribution in [3.63, 3.8) is 0 Å². The number of para-hydroxylation sites is 1. The van der Waals surface area contributed by atoms with E-state index in [-0.39, 0.29) is 5.91 Å². The van der Waals surface area contributed by atoms with Crippen LogP contribution in [-0.4, -0.2) is 28.8 Å². The fourth-order valence-electron chi connectivity index (χ4n) is 3.47. The average molecular weight is 386 g/mol. The monoisotopic (exact) mass is 386 g/mol. The number of carbonyl (C=O) groups excluding carboxylic acids is 1. The highest BCUT2D eigenvalue weighted by Crippen LogP contribution is 2.24. The first-order valence-corrected chi connectivity index (χ1v) is 9.45. The number of nitrogens with one attached hydrogen (secondary N) is 1. The summed E-state index contributed by atoms with van der Waals surface area (Å²) in [6, 6.07) is 15.8. The number of rotatable bonds is 6. The van der Waals surface area contributed by atoms with Gasteiger partial charge in [0.2, 0.25) is 5.91 Å². The van der Waals surface area contributed by atoms with Gasteiger partial charge in [-0.15, -0.1) is 0 Å². The third-order valence-electron chi connectivity index (χ3n) is 4.92. The zero-order chi connectivity index (χ0) is 20.2. The van der Waals surface area contributed by atoms with Crippen molar-refractivity contribution in [2.24, 2.45) is 5.10 Å². The van der Waals surface area contributed by atoms with Gasteiger partial charge in [-0.25, -0.2) is 5.43 Å². The third-order valence-corrected chi connectivity index (χ3v) is 4.92. The summed E-state index contributed by atoms with van der Waals surface area (Å²) in [5.41, 5.74) is 6.66. The second kappa shape index (κ2) is 8.14. The van der Waals surface area contributed by atoms with Crippen LogP contribution in [0.3, 0.4) is 0 Å². The minimum absolute atomic E-state index is 0.128. The first-order chi connectivity index (χ1) is 14.2. The normalized spacial score (nSPS) is 11.4. The molecule has 1 N–H and O–H groups in total. The number of hydrazone groups is 1. The van der Waals surface area contributed by atoms with E-state index in [9.17, 15) is 4.79 Å². The molecule has 0 aliphatic rings. The van der Waals surface area contributed by atoms with E-state index in [2.05, 4.69) is 45.3 Å². The lowest BCUT2D eigenvalue weighted by Gasteiger charge is -2.05. The number of benzene rings is 2. The Labute approximate surface area is 168 Å². The fourth-order valence-corrected chi connectivity index (χ4v) is 3.47. The van der Waals surface area contributed by atoms with Crippen molar-refractivity contribution >= 4 is 33.9 Å². The summed E-state index contributed by atoms with van der Waals surface area (Å²) in [6.07, 6.45) is 5.77. The molecule has 0 saturated heterocycles. The van der Waals surface area contributed by atoms with E-state index in [1.165, 1.54) is 10.9 Å². The molecule has 0 spiro atoms. The third kappa shape index (κ3) is 3.96. The van der Waals surface area contributed by atoms with Crippen molar-refractivity contribution in [3.8, 4) is 5.75 Å².